The third kappa shape index (κ3) is 5.06. The number of urea groups is 1. The van der Waals surface area contributed by atoms with Gasteiger partial charge in [0.05, 0.1) is 6.04 Å². The molecule has 0 saturated carbocycles. The normalized spacial score (nSPS) is 16.3. The molecule has 1 aliphatic rings. The lowest BCUT2D eigenvalue weighted by Crippen LogP contribution is -2.56. The van der Waals surface area contributed by atoms with Crippen molar-refractivity contribution in [2.75, 3.05) is 26.2 Å². The zero-order valence-electron chi connectivity index (χ0n) is 14.1. The third-order valence-corrected chi connectivity index (χ3v) is 4.22. The molecule has 1 fully saturated rings. The van der Waals surface area contributed by atoms with Crippen LogP contribution in [0.2, 0.25) is 0 Å². The second kappa shape index (κ2) is 8.44. The highest BCUT2D eigenvalue weighted by atomic mass is 16.2. The first kappa shape index (κ1) is 17.9. The van der Waals surface area contributed by atoms with Gasteiger partial charge in [0.2, 0.25) is 11.8 Å². The number of hydrogen-bond donors (Lipinski definition) is 2. The Kier molecular flexibility index (Phi) is 6.31. The first-order chi connectivity index (χ1) is 11.5. The molecule has 4 amide bonds. The fraction of sp³-hybridized carbons (Fsp3) is 0.471. The van der Waals surface area contributed by atoms with Crippen molar-refractivity contribution >= 4 is 17.8 Å². The maximum Gasteiger partial charge on any atom is 0.321 e. The fourth-order valence-electron chi connectivity index (χ4n) is 2.63. The number of amides is 4. The summed E-state index contributed by atoms with van der Waals surface area (Å²) in [6, 6.07) is 8.57. The van der Waals surface area contributed by atoms with Crippen molar-refractivity contribution in [3.05, 3.63) is 35.9 Å². The molecule has 7 heteroatoms. The predicted molar refractivity (Wildman–Crippen MR) is 90.1 cm³/mol. The summed E-state index contributed by atoms with van der Waals surface area (Å²) < 4.78 is 0. The van der Waals surface area contributed by atoms with Crippen molar-refractivity contribution in [1.82, 2.24) is 20.4 Å². The van der Waals surface area contributed by atoms with Crippen LogP contribution in [0.5, 0.6) is 0 Å². The topological polar surface area (TPSA) is 81.8 Å². The van der Waals surface area contributed by atoms with Crippen LogP contribution in [-0.2, 0) is 16.1 Å². The van der Waals surface area contributed by atoms with E-state index in [1.807, 2.05) is 35.2 Å². The van der Waals surface area contributed by atoms with Gasteiger partial charge in [0.25, 0.3) is 0 Å². The zero-order chi connectivity index (χ0) is 17.5. The Balaban J connectivity index is 1.75. The lowest BCUT2D eigenvalue weighted by atomic mass is 10.2. The number of hydrogen-bond acceptors (Lipinski definition) is 4. The Morgan fingerprint density at radius 1 is 1.08 bits per heavy atom. The molecule has 2 rings (SSSR count). The maximum absolute atomic E-state index is 12.2. The van der Waals surface area contributed by atoms with E-state index < -0.39 is 12.1 Å². The van der Waals surface area contributed by atoms with Crippen molar-refractivity contribution in [3.63, 3.8) is 0 Å². The minimum absolute atomic E-state index is 0.0482. The molecule has 1 saturated heterocycles. The van der Waals surface area contributed by atoms with E-state index in [1.54, 1.807) is 18.7 Å². The average molecular weight is 332 g/mol. The van der Waals surface area contributed by atoms with E-state index in [9.17, 15) is 14.4 Å². The molecule has 2 N–H and O–H groups in total. The Morgan fingerprint density at radius 3 is 2.29 bits per heavy atom. The molecule has 24 heavy (non-hydrogen) atoms. The van der Waals surface area contributed by atoms with E-state index >= 15 is 0 Å². The molecule has 7 nitrogen and oxygen atoms in total. The fourth-order valence-corrected chi connectivity index (χ4v) is 2.63. The monoisotopic (exact) mass is 332 g/mol. The first-order valence-corrected chi connectivity index (χ1v) is 8.09. The van der Waals surface area contributed by atoms with Gasteiger partial charge in [-0.1, -0.05) is 30.3 Å². The highest BCUT2D eigenvalue weighted by Crippen LogP contribution is 2.06. The number of carbonyl (C=O) groups excluding carboxylic acids is 3. The molecule has 1 aliphatic heterocycles. The summed E-state index contributed by atoms with van der Waals surface area (Å²) in [4.78, 5) is 39.1. The van der Waals surface area contributed by atoms with Gasteiger partial charge in [0.15, 0.2) is 0 Å². The number of carbonyl (C=O) groups is 3. The average Bonchev–Trinajstić information content (AvgIpc) is 2.60. The van der Waals surface area contributed by atoms with Crippen LogP contribution >= 0.6 is 0 Å². The van der Waals surface area contributed by atoms with Crippen LogP contribution in [0.1, 0.15) is 19.4 Å². The number of rotatable bonds is 4. The van der Waals surface area contributed by atoms with Gasteiger partial charge in [-0.25, -0.2) is 4.79 Å². The van der Waals surface area contributed by atoms with Crippen LogP contribution in [0.25, 0.3) is 0 Å². The molecule has 1 aromatic rings. The minimum Gasteiger partial charge on any atom is -0.340 e. The van der Waals surface area contributed by atoms with E-state index in [0.717, 1.165) is 5.56 Å². The highest BCUT2D eigenvalue weighted by Gasteiger charge is 2.27. The van der Waals surface area contributed by atoms with Crippen LogP contribution in [0.15, 0.2) is 30.3 Å². The maximum atomic E-state index is 12.2. The second-order valence-corrected chi connectivity index (χ2v) is 5.88. The Hall–Kier alpha value is -2.41. The Bertz CT molecular complexity index is 583. The lowest BCUT2D eigenvalue weighted by molar-refractivity contribution is -0.132. The quantitative estimate of drug-likeness (QED) is 0.844. The Labute approximate surface area is 142 Å². The molecule has 0 unspecified atom stereocenters. The van der Waals surface area contributed by atoms with Crippen molar-refractivity contribution in [1.29, 1.82) is 0 Å². The van der Waals surface area contributed by atoms with Crippen molar-refractivity contribution in [2.24, 2.45) is 0 Å². The third-order valence-electron chi connectivity index (χ3n) is 4.22. The second-order valence-electron chi connectivity index (χ2n) is 5.88. The van der Waals surface area contributed by atoms with Crippen LogP contribution in [0, 0.1) is 0 Å². The SMILES string of the molecule is CC(=O)N1CCN([C@H](C)C(=O)NC(=O)NCc2ccccc2)CC1. The number of benzene rings is 1. The smallest absolute Gasteiger partial charge is 0.321 e. The largest absolute Gasteiger partial charge is 0.340 e. The van der Waals surface area contributed by atoms with Crippen LogP contribution in [-0.4, -0.2) is 59.9 Å². The van der Waals surface area contributed by atoms with E-state index in [0.29, 0.717) is 32.7 Å². The van der Waals surface area contributed by atoms with Gasteiger partial charge in [-0.05, 0) is 12.5 Å². The van der Waals surface area contributed by atoms with E-state index in [-0.39, 0.29) is 11.8 Å². The van der Waals surface area contributed by atoms with Crippen LogP contribution in [0.4, 0.5) is 4.79 Å². The molecule has 0 aliphatic carbocycles. The van der Waals surface area contributed by atoms with Gasteiger partial charge < -0.3 is 10.2 Å². The number of imide groups is 1. The van der Waals surface area contributed by atoms with Gasteiger partial charge in [-0.3, -0.25) is 19.8 Å². The van der Waals surface area contributed by atoms with Crippen molar-refractivity contribution < 1.29 is 14.4 Å². The summed E-state index contributed by atoms with van der Waals surface area (Å²) in [7, 11) is 0. The molecule has 1 atom stereocenters. The lowest BCUT2D eigenvalue weighted by Gasteiger charge is -2.36. The minimum atomic E-state index is -0.502. The number of nitrogens with zero attached hydrogens (tertiary/aromatic N) is 2. The Morgan fingerprint density at radius 2 is 1.71 bits per heavy atom. The zero-order valence-corrected chi connectivity index (χ0v) is 14.1. The summed E-state index contributed by atoms with van der Waals surface area (Å²) in [6.07, 6.45) is 0. The summed E-state index contributed by atoms with van der Waals surface area (Å²) in [5.74, 6) is -0.288. The highest BCUT2D eigenvalue weighted by molar-refractivity contribution is 5.96. The summed E-state index contributed by atoms with van der Waals surface area (Å²) in [5, 5.41) is 5.04. The van der Waals surface area contributed by atoms with Gasteiger partial charge >= 0.3 is 6.03 Å². The summed E-state index contributed by atoms with van der Waals surface area (Å²) >= 11 is 0. The van der Waals surface area contributed by atoms with Gasteiger partial charge in [-0.2, -0.15) is 0 Å². The summed E-state index contributed by atoms with van der Waals surface area (Å²) in [5.41, 5.74) is 0.966. The molecule has 0 bridgehead atoms. The van der Waals surface area contributed by atoms with Crippen LogP contribution in [0.3, 0.4) is 0 Å². The number of piperazine rings is 1. The number of nitrogens with one attached hydrogen (secondary N) is 2. The van der Waals surface area contributed by atoms with E-state index in [4.69, 9.17) is 0 Å². The molecular weight excluding hydrogens is 308 g/mol. The molecule has 1 aromatic carbocycles. The molecular formula is C17H24N4O3. The van der Waals surface area contributed by atoms with E-state index in [1.165, 1.54) is 0 Å². The molecule has 0 spiro atoms. The van der Waals surface area contributed by atoms with Gasteiger partial charge in [0, 0.05) is 39.6 Å². The van der Waals surface area contributed by atoms with Crippen LogP contribution < -0.4 is 10.6 Å². The first-order valence-electron chi connectivity index (χ1n) is 8.09. The van der Waals surface area contributed by atoms with Crippen molar-refractivity contribution in [2.45, 2.75) is 26.4 Å². The molecule has 0 aromatic heterocycles. The van der Waals surface area contributed by atoms with Gasteiger partial charge in [-0.15, -0.1) is 0 Å². The van der Waals surface area contributed by atoms with E-state index in [2.05, 4.69) is 10.6 Å². The molecule has 1 heterocycles. The van der Waals surface area contributed by atoms with Crippen molar-refractivity contribution in [3.8, 4) is 0 Å². The predicted octanol–water partition coefficient (Wildman–Crippen LogP) is 0.565. The standard InChI is InChI=1S/C17H24N4O3/c1-13(20-8-10-21(11-9-20)14(2)22)16(23)19-17(24)18-12-15-6-4-3-5-7-15/h3-7,13H,8-12H2,1-2H3,(H2,18,19,23,24)/t13-/m1/s1. The summed E-state index contributed by atoms with van der Waals surface area (Å²) in [6.45, 7) is 6.14. The molecule has 0 radical (unpaired) electrons. The molecule has 130 valence electrons. The van der Waals surface area contributed by atoms with Gasteiger partial charge in [0.1, 0.15) is 0 Å².